The van der Waals surface area contributed by atoms with Crippen LogP contribution in [0.2, 0.25) is 0 Å². The van der Waals surface area contributed by atoms with Crippen molar-refractivity contribution in [1.82, 2.24) is 10.3 Å². The van der Waals surface area contributed by atoms with Gasteiger partial charge in [0.2, 0.25) is 0 Å². The van der Waals surface area contributed by atoms with Crippen LogP contribution in [0.15, 0.2) is 60.7 Å². The number of halogens is 1. The van der Waals surface area contributed by atoms with Gasteiger partial charge in [0, 0.05) is 29.4 Å². The van der Waals surface area contributed by atoms with E-state index in [9.17, 15) is 9.18 Å². The number of carbonyl (C=O) groups excluding carboxylic acids is 1. The Hall–Kier alpha value is -4.23. The quantitative estimate of drug-likeness (QED) is 0.379. The molecule has 186 valence electrons. The monoisotopic (exact) mass is 495 g/mol. The highest BCUT2D eigenvalue weighted by atomic mass is 19.1. The summed E-state index contributed by atoms with van der Waals surface area (Å²) in [6.07, 6.45) is -0.483. The minimum Gasteiger partial charge on any atom is -0.497 e. The molecule has 2 bridgehead atoms. The predicted octanol–water partition coefficient (Wildman–Crippen LogP) is 5.55. The third-order valence-electron chi connectivity index (χ3n) is 7.32. The van der Waals surface area contributed by atoms with E-state index in [0.29, 0.717) is 29.2 Å². The van der Waals surface area contributed by atoms with Gasteiger partial charge in [-0.2, -0.15) is 0 Å². The minimum absolute atomic E-state index is 0.160. The Kier molecular flexibility index (Phi) is 5.46. The number of amides is 1. The SMILES string of the molecule is COc1ccc(-c2ccc3c(c2)C2OC3c3cc(C(=O)NCc4c(C)cc(N)nc4C)ccc32)c(F)c1. The molecular weight excluding hydrogens is 469 g/mol. The highest BCUT2D eigenvalue weighted by Crippen LogP contribution is 2.54. The smallest absolute Gasteiger partial charge is 0.251 e. The fourth-order valence-corrected chi connectivity index (χ4v) is 5.44. The molecule has 0 spiro atoms. The Bertz CT molecular complexity index is 1560. The van der Waals surface area contributed by atoms with E-state index in [-0.39, 0.29) is 23.9 Å². The number of nitrogens with one attached hydrogen (secondary N) is 1. The Morgan fingerprint density at radius 1 is 1.00 bits per heavy atom. The maximum absolute atomic E-state index is 14.7. The molecule has 3 heterocycles. The molecule has 3 N–H and O–H groups in total. The fraction of sp³-hybridized carbons (Fsp3) is 0.200. The number of anilines is 1. The van der Waals surface area contributed by atoms with Gasteiger partial charge >= 0.3 is 0 Å². The molecule has 0 radical (unpaired) electrons. The second kappa shape index (κ2) is 8.71. The highest BCUT2D eigenvalue weighted by molar-refractivity contribution is 5.94. The van der Waals surface area contributed by atoms with Crippen molar-refractivity contribution in [2.75, 3.05) is 12.8 Å². The molecule has 3 aromatic carbocycles. The molecule has 37 heavy (non-hydrogen) atoms. The van der Waals surface area contributed by atoms with Gasteiger partial charge in [-0.1, -0.05) is 18.2 Å². The molecule has 7 heteroatoms. The van der Waals surface area contributed by atoms with E-state index in [2.05, 4.69) is 10.3 Å². The summed E-state index contributed by atoms with van der Waals surface area (Å²) in [5, 5.41) is 3.00. The van der Waals surface area contributed by atoms with Crippen molar-refractivity contribution in [2.24, 2.45) is 0 Å². The summed E-state index contributed by atoms with van der Waals surface area (Å²) < 4.78 is 26.1. The summed E-state index contributed by atoms with van der Waals surface area (Å²) >= 11 is 0. The topological polar surface area (TPSA) is 86.5 Å². The molecule has 2 aliphatic rings. The van der Waals surface area contributed by atoms with Crippen LogP contribution in [-0.4, -0.2) is 18.0 Å². The molecule has 0 fully saturated rings. The summed E-state index contributed by atoms with van der Waals surface area (Å²) in [5.41, 5.74) is 14.6. The first-order chi connectivity index (χ1) is 17.8. The molecule has 2 aliphatic heterocycles. The van der Waals surface area contributed by atoms with Crippen LogP contribution in [0.1, 0.15) is 61.6 Å². The first-order valence-corrected chi connectivity index (χ1v) is 12.1. The van der Waals surface area contributed by atoms with Crippen LogP contribution in [0.25, 0.3) is 11.1 Å². The molecular formula is C30H26FN3O3. The van der Waals surface area contributed by atoms with Gasteiger partial charge in [-0.3, -0.25) is 4.79 Å². The van der Waals surface area contributed by atoms with E-state index in [1.807, 2.05) is 56.3 Å². The summed E-state index contributed by atoms with van der Waals surface area (Å²) in [6, 6.07) is 18.3. The third kappa shape index (κ3) is 3.83. The Labute approximate surface area is 214 Å². The van der Waals surface area contributed by atoms with Crippen molar-refractivity contribution in [3.8, 4) is 16.9 Å². The summed E-state index contributed by atoms with van der Waals surface area (Å²) in [6.45, 7) is 4.22. The van der Waals surface area contributed by atoms with E-state index < -0.39 is 0 Å². The normalized spacial score (nSPS) is 16.9. The van der Waals surface area contributed by atoms with Crippen LogP contribution < -0.4 is 15.8 Å². The average Bonchev–Trinajstić information content (AvgIpc) is 3.44. The average molecular weight is 496 g/mol. The molecule has 0 saturated carbocycles. The predicted molar refractivity (Wildman–Crippen MR) is 139 cm³/mol. The number of pyridine rings is 1. The Balaban J connectivity index is 1.24. The Morgan fingerprint density at radius 2 is 1.73 bits per heavy atom. The van der Waals surface area contributed by atoms with Crippen LogP contribution in [0.3, 0.4) is 0 Å². The van der Waals surface area contributed by atoms with Gasteiger partial charge < -0.3 is 20.5 Å². The van der Waals surface area contributed by atoms with Gasteiger partial charge in [-0.05, 0) is 89.2 Å². The Morgan fingerprint density at radius 3 is 2.43 bits per heavy atom. The van der Waals surface area contributed by atoms with E-state index in [1.165, 1.54) is 13.2 Å². The maximum atomic E-state index is 14.7. The number of ether oxygens (including phenoxy) is 2. The van der Waals surface area contributed by atoms with Gasteiger partial charge in [-0.25, -0.2) is 9.37 Å². The number of rotatable bonds is 5. The van der Waals surface area contributed by atoms with E-state index in [0.717, 1.165) is 44.6 Å². The highest BCUT2D eigenvalue weighted by Gasteiger charge is 2.43. The van der Waals surface area contributed by atoms with Crippen LogP contribution in [0.5, 0.6) is 5.75 Å². The number of benzene rings is 3. The van der Waals surface area contributed by atoms with Crippen molar-refractivity contribution in [1.29, 1.82) is 0 Å². The van der Waals surface area contributed by atoms with Crippen LogP contribution >= 0.6 is 0 Å². The van der Waals surface area contributed by atoms with E-state index in [4.69, 9.17) is 15.2 Å². The molecule has 4 aromatic rings. The zero-order valence-electron chi connectivity index (χ0n) is 20.8. The zero-order chi connectivity index (χ0) is 25.8. The summed E-state index contributed by atoms with van der Waals surface area (Å²) in [4.78, 5) is 17.3. The summed E-state index contributed by atoms with van der Waals surface area (Å²) in [7, 11) is 1.52. The van der Waals surface area contributed by atoms with Crippen molar-refractivity contribution in [2.45, 2.75) is 32.6 Å². The van der Waals surface area contributed by atoms with Gasteiger partial charge in [0.05, 0.1) is 7.11 Å². The van der Waals surface area contributed by atoms with Gasteiger partial charge in [0.1, 0.15) is 29.6 Å². The number of carbonyl (C=O) groups is 1. The lowest BCUT2D eigenvalue weighted by atomic mass is 9.83. The molecule has 2 unspecified atom stereocenters. The third-order valence-corrected chi connectivity index (χ3v) is 7.32. The molecule has 1 amide bonds. The number of aromatic nitrogens is 1. The first-order valence-electron chi connectivity index (χ1n) is 12.1. The molecule has 6 nitrogen and oxygen atoms in total. The van der Waals surface area contributed by atoms with Gasteiger partial charge in [0.25, 0.3) is 5.91 Å². The second-order valence-corrected chi connectivity index (χ2v) is 9.54. The van der Waals surface area contributed by atoms with Gasteiger partial charge in [0.15, 0.2) is 0 Å². The number of hydrogen-bond acceptors (Lipinski definition) is 5. The van der Waals surface area contributed by atoms with Crippen molar-refractivity contribution in [3.05, 3.63) is 111 Å². The lowest BCUT2D eigenvalue weighted by Crippen LogP contribution is -2.24. The zero-order valence-corrected chi connectivity index (χ0v) is 20.8. The lowest BCUT2D eigenvalue weighted by molar-refractivity contribution is 0.0857. The van der Waals surface area contributed by atoms with Crippen LogP contribution in [0.4, 0.5) is 10.2 Å². The number of hydrogen-bond donors (Lipinski definition) is 2. The molecule has 0 aliphatic carbocycles. The summed E-state index contributed by atoms with van der Waals surface area (Å²) in [5.74, 6) is 0.459. The molecule has 1 aromatic heterocycles. The number of nitrogens with two attached hydrogens (primary N) is 1. The largest absolute Gasteiger partial charge is 0.497 e. The van der Waals surface area contributed by atoms with E-state index >= 15 is 0 Å². The number of aryl methyl sites for hydroxylation is 2. The minimum atomic E-state index is -0.334. The van der Waals surface area contributed by atoms with Crippen molar-refractivity contribution >= 4 is 11.7 Å². The standard InChI is InChI=1S/C30H26FN3O3/c1-15-10-27(32)34-16(2)25(15)14-33-30(35)18-5-8-22-24(12-18)29-21-7-4-17(11-23(21)28(22)37-29)20-9-6-19(36-3)13-26(20)31/h4-13,28-29H,14H2,1-3H3,(H2,32,34)(H,33,35). The van der Waals surface area contributed by atoms with Gasteiger partial charge in [-0.15, -0.1) is 0 Å². The van der Waals surface area contributed by atoms with E-state index in [1.54, 1.807) is 12.1 Å². The number of nitrogens with zero attached hydrogens (tertiary/aromatic N) is 1. The van der Waals surface area contributed by atoms with Crippen LogP contribution in [-0.2, 0) is 11.3 Å². The molecule has 2 atom stereocenters. The first kappa shape index (κ1) is 23.2. The fourth-order valence-electron chi connectivity index (χ4n) is 5.44. The lowest BCUT2D eigenvalue weighted by Gasteiger charge is -2.18. The van der Waals surface area contributed by atoms with Crippen molar-refractivity contribution in [3.63, 3.8) is 0 Å². The second-order valence-electron chi connectivity index (χ2n) is 9.54. The molecule has 0 saturated heterocycles. The number of nitrogen functional groups attached to an aromatic ring is 1. The number of fused-ring (bicyclic) bond motifs is 8. The maximum Gasteiger partial charge on any atom is 0.251 e. The van der Waals surface area contributed by atoms with Crippen LogP contribution in [0, 0.1) is 19.7 Å². The number of methoxy groups -OCH3 is 1. The molecule has 6 rings (SSSR count). The van der Waals surface area contributed by atoms with Crippen molar-refractivity contribution < 1.29 is 18.7 Å².